The number of Topliss-reactive ketones (excluding diaryl/α,β-unsaturated/α-hetero) is 1. The van der Waals surface area contributed by atoms with Gasteiger partial charge in [0.1, 0.15) is 18.2 Å². The van der Waals surface area contributed by atoms with Crippen LogP contribution in [0.5, 0.6) is 0 Å². The summed E-state index contributed by atoms with van der Waals surface area (Å²) in [6.45, 7) is 9.71. The number of hydrogen-bond donors (Lipinski definition) is 0. The van der Waals surface area contributed by atoms with E-state index in [1.54, 1.807) is 24.3 Å². The molecule has 7 nitrogen and oxygen atoms in total. The van der Waals surface area contributed by atoms with Crippen LogP contribution < -0.4 is 4.90 Å². The Morgan fingerprint density at radius 1 is 0.923 bits per heavy atom. The van der Waals surface area contributed by atoms with Crippen molar-refractivity contribution >= 4 is 19.1 Å². The number of rotatable bonds is 9. The third-order valence-corrected chi connectivity index (χ3v) is 5.51. The molecule has 39 heavy (non-hydrogen) atoms. The summed E-state index contributed by atoms with van der Waals surface area (Å²) < 4.78 is 27.6. The number of anilines is 1. The van der Waals surface area contributed by atoms with Crippen LogP contribution in [0.3, 0.4) is 0 Å². The normalized spacial score (nSPS) is 10.5. The maximum atomic E-state index is 13.1. The van der Waals surface area contributed by atoms with E-state index in [-0.39, 0.29) is 24.0 Å². The number of nitrogens with zero attached hydrogens (tertiary/aromatic N) is 6. The van der Waals surface area contributed by atoms with Crippen LogP contribution in [-0.4, -0.2) is 50.9 Å². The number of aromatic nitrogens is 5. The van der Waals surface area contributed by atoms with Crippen LogP contribution in [0.15, 0.2) is 54.6 Å². The first-order valence-corrected chi connectivity index (χ1v) is 12.8. The molecule has 0 atom stereocenters. The van der Waals surface area contributed by atoms with Crippen LogP contribution in [0.4, 0.5) is 14.7 Å². The monoisotopic (exact) mass is 528 g/mol. The summed E-state index contributed by atoms with van der Waals surface area (Å²) in [7, 11) is 5.38. The molecule has 200 valence electrons. The third-order valence-electron chi connectivity index (χ3n) is 5.51. The summed E-state index contributed by atoms with van der Waals surface area (Å²) in [6.07, 6.45) is 2.17. The fourth-order valence-corrected chi connectivity index (χ4v) is 3.82. The number of aryl methyl sites for hydroxylation is 1. The summed E-state index contributed by atoms with van der Waals surface area (Å²) in [5.74, 6) is 3.38. The molecule has 0 aliphatic heterocycles. The van der Waals surface area contributed by atoms with Gasteiger partial charge in [0.25, 0.3) is 0 Å². The van der Waals surface area contributed by atoms with Gasteiger partial charge >= 0.3 is 98.1 Å². The van der Waals surface area contributed by atoms with Gasteiger partial charge in [-0.2, -0.15) is 0 Å². The molecule has 0 radical (unpaired) electrons. The fourth-order valence-electron chi connectivity index (χ4n) is 3.82. The Bertz CT molecular complexity index is 1430. The molecule has 2 heterocycles. The van der Waals surface area contributed by atoms with E-state index in [0.29, 0.717) is 28.5 Å². The Morgan fingerprint density at radius 3 is 2.00 bits per heavy atom. The summed E-state index contributed by atoms with van der Waals surface area (Å²) in [5, 5.41) is 4.32. The average molecular weight is 528 g/mol. The molecule has 0 aliphatic carbocycles. The van der Waals surface area contributed by atoms with Crippen molar-refractivity contribution in [3.05, 3.63) is 77.6 Å². The molecular weight excluding hydrogens is 497 g/mol. The summed E-state index contributed by atoms with van der Waals surface area (Å²) in [4.78, 5) is 26.9. The minimum Gasteiger partial charge on any atom is -0.298 e. The van der Waals surface area contributed by atoms with Crippen molar-refractivity contribution in [1.29, 1.82) is 0 Å². The molecule has 0 saturated carbocycles. The van der Waals surface area contributed by atoms with Crippen LogP contribution in [0.1, 0.15) is 45.0 Å². The molecule has 2 aromatic carbocycles. The minimum absolute atomic E-state index is 0.0565. The molecule has 0 amide bonds. The van der Waals surface area contributed by atoms with Gasteiger partial charge in [-0.15, -0.1) is 5.10 Å². The van der Waals surface area contributed by atoms with Crippen molar-refractivity contribution < 1.29 is 13.6 Å². The molecule has 0 fully saturated rings. The standard InChI is InChI=1S/C17H13F2N3O.C12H18BN3/c1-11(23)10-22-17(13-4-8-15(19)9-5-13)20-16(21-22)12-2-6-14(18)7-3-12;1-4-6-16(7-5-2)12-14-10(3)8-11(9-13)15-12/h2-9H,10H2,1H3;8H,4-7H2,1-3H3. The van der Waals surface area contributed by atoms with E-state index in [4.69, 9.17) is 7.33 Å². The predicted octanol–water partition coefficient (Wildman–Crippen LogP) is 5.37. The molecule has 2 aromatic heterocycles. The molecule has 0 aliphatic rings. The zero-order chi connectivity index (χ0) is 28.4. The van der Waals surface area contributed by atoms with Crippen molar-refractivity contribution in [1.82, 2.24) is 24.7 Å². The van der Waals surface area contributed by atoms with Crippen molar-refractivity contribution in [3.8, 4) is 28.6 Å². The van der Waals surface area contributed by atoms with Gasteiger partial charge in [0.15, 0.2) is 17.4 Å². The van der Waals surface area contributed by atoms with E-state index in [1.807, 2.05) is 13.0 Å². The summed E-state index contributed by atoms with van der Waals surface area (Å²) in [6, 6.07) is 13.4. The number of carbonyl (C=O) groups is 1. The second-order valence-corrected chi connectivity index (χ2v) is 8.96. The van der Waals surface area contributed by atoms with Gasteiger partial charge in [0.05, 0.1) is 0 Å². The Morgan fingerprint density at radius 2 is 1.49 bits per heavy atom. The van der Waals surface area contributed by atoms with Crippen LogP contribution in [0.2, 0.25) is 0 Å². The fraction of sp³-hybridized carbons (Fsp3) is 0.310. The first-order valence-electron chi connectivity index (χ1n) is 12.8. The van der Waals surface area contributed by atoms with Gasteiger partial charge < -0.3 is 0 Å². The predicted molar refractivity (Wildman–Crippen MR) is 150 cm³/mol. The molecule has 10 heteroatoms. The van der Waals surface area contributed by atoms with Crippen LogP contribution in [-0.2, 0) is 11.3 Å². The van der Waals surface area contributed by atoms with Gasteiger partial charge in [-0.1, -0.05) is 0 Å². The van der Waals surface area contributed by atoms with Gasteiger partial charge in [-0.05, 0) is 55.5 Å². The van der Waals surface area contributed by atoms with E-state index in [9.17, 15) is 13.6 Å². The largest absolute Gasteiger partial charge is 0.298 e. The van der Waals surface area contributed by atoms with E-state index < -0.39 is 0 Å². The molecule has 4 rings (SSSR count). The zero-order valence-electron chi connectivity index (χ0n) is 22.7. The van der Waals surface area contributed by atoms with Gasteiger partial charge in [-0.3, -0.25) is 4.79 Å². The van der Waals surface area contributed by atoms with Crippen LogP contribution in [0, 0.1) is 24.4 Å². The number of ketones is 1. The number of carbonyl (C=O) groups excluding carboxylic acids is 1. The first-order chi connectivity index (χ1) is 18.7. The van der Waals surface area contributed by atoms with Crippen molar-refractivity contribution in [2.45, 2.75) is 47.1 Å². The smallest absolute Gasteiger partial charge is 0.181 e. The Kier molecular flexibility index (Phi) is 10.6. The van der Waals surface area contributed by atoms with Crippen LogP contribution >= 0.6 is 0 Å². The second kappa shape index (κ2) is 14.1. The van der Waals surface area contributed by atoms with Crippen molar-refractivity contribution in [3.63, 3.8) is 0 Å². The van der Waals surface area contributed by atoms with Gasteiger partial charge in [0.2, 0.25) is 0 Å². The molecule has 0 N–H and O–H groups in total. The molecule has 0 spiro atoms. The molecule has 0 unspecified atom stereocenters. The Balaban J connectivity index is 0.000000231. The van der Waals surface area contributed by atoms with E-state index in [0.717, 1.165) is 37.6 Å². The van der Waals surface area contributed by atoms with Crippen molar-refractivity contribution in [2.24, 2.45) is 0 Å². The molecule has 4 aromatic rings. The van der Waals surface area contributed by atoms with Crippen LogP contribution in [0.25, 0.3) is 22.8 Å². The number of hydrogen-bond acceptors (Lipinski definition) is 6. The van der Waals surface area contributed by atoms with E-state index in [1.165, 1.54) is 35.9 Å². The van der Waals surface area contributed by atoms with Gasteiger partial charge in [0, 0.05) is 11.1 Å². The molecular formula is C29H31BF2N6O. The topological polar surface area (TPSA) is 76.8 Å². The second-order valence-electron chi connectivity index (χ2n) is 8.96. The van der Waals surface area contributed by atoms with E-state index >= 15 is 0 Å². The average Bonchev–Trinajstić information content (AvgIpc) is 3.32. The number of halogens is 2. The number of benzene rings is 2. The third kappa shape index (κ3) is 8.42. The quantitative estimate of drug-likeness (QED) is 0.272. The van der Waals surface area contributed by atoms with Crippen molar-refractivity contribution in [2.75, 3.05) is 18.0 Å². The first kappa shape index (κ1) is 29.4. The van der Waals surface area contributed by atoms with Gasteiger partial charge in [-0.25, -0.2) is 18.4 Å². The minimum atomic E-state index is -0.356. The maximum absolute atomic E-state index is 13.1. The summed E-state index contributed by atoms with van der Waals surface area (Å²) in [5.41, 5.74) is 2.88. The SMILES string of the molecule is B#Cc1cc(C)nc(N(CCC)CCC)n1.CC(=O)Cn1nc(-c2ccc(F)cc2)nc1-c1ccc(F)cc1. The molecule has 0 saturated heterocycles. The Labute approximate surface area is 228 Å². The maximum Gasteiger partial charge on any atom is 0.181 e. The Hall–Kier alpha value is -4.17. The zero-order valence-corrected chi connectivity index (χ0v) is 22.7. The molecule has 0 bridgehead atoms. The summed E-state index contributed by atoms with van der Waals surface area (Å²) >= 11 is 0. The van der Waals surface area contributed by atoms with E-state index in [2.05, 4.69) is 44.6 Å².